The number of carbonyl (C=O) groups excluding carboxylic acids is 2. The molecule has 0 aliphatic carbocycles. The molecule has 0 radical (unpaired) electrons. The number of esters is 2. The van der Waals surface area contributed by atoms with Gasteiger partial charge in [-0.1, -0.05) is 140 Å². The van der Waals surface area contributed by atoms with Crippen LogP contribution in [0.5, 0.6) is 0 Å². The maximum absolute atomic E-state index is 14.1. The van der Waals surface area contributed by atoms with Crippen LogP contribution >= 0.6 is 0 Å². The molecule has 0 aromatic heterocycles. The zero-order valence-corrected chi connectivity index (χ0v) is 34.4. The van der Waals surface area contributed by atoms with E-state index in [0.717, 1.165) is 22.3 Å². The highest BCUT2D eigenvalue weighted by Gasteiger charge is 2.57. The van der Waals surface area contributed by atoms with Crippen molar-refractivity contribution >= 4 is 11.9 Å². The van der Waals surface area contributed by atoms with Crippen molar-refractivity contribution in [1.82, 2.24) is 0 Å². The number of ether oxygens (including phenoxy) is 11. The van der Waals surface area contributed by atoms with E-state index in [2.05, 4.69) is 0 Å². The van der Waals surface area contributed by atoms with E-state index in [4.69, 9.17) is 52.1 Å². The molecule has 1 unspecified atom stereocenters. The van der Waals surface area contributed by atoms with Gasteiger partial charge in [0.2, 0.25) is 0 Å². The summed E-state index contributed by atoms with van der Waals surface area (Å²) in [6.45, 7) is 0.470. The number of benzene rings is 5. The van der Waals surface area contributed by atoms with Crippen molar-refractivity contribution in [3.63, 3.8) is 0 Å². The van der Waals surface area contributed by atoms with Crippen molar-refractivity contribution in [3.8, 4) is 0 Å². The fraction of sp³-hybridized carbons (Fsp3) is 0.347. The molecule has 3 aliphatic heterocycles. The number of hydrogen-bond acceptors (Lipinski definition) is 13. The van der Waals surface area contributed by atoms with Crippen LogP contribution in [0.2, 0.25) is 0 Å². The monoisotopic (exact) mass is 846 g/mol. The van der Waals surface area contributed by atoms with Crippen LogP contribution in [-0.4, -0.2) is 94.2 Å². The predicted octanol–water partition coefficient (Wildman–Crippen LogP) is 6.74. The van der Waals surface area contributed by atoms with Gasteiger partial charge in [0, 0.05) is 12.7 Å². The Bertz CT molecular complexity index is 2130. The normalized spacial score (nSPS) is 28.3. The number of methoxy groups -OCH3 is 2. The summed E-state index contributed by atoms with van der Waals surface area (Å²) >= 11 is 0. The Hall–Kier alpha value is -5.32. The molecule has 5 aromatic carbocycles. The first-order valence-corrected chi connectivity index (χ1v) is 20.6. The van der Waals surface area contributed by atoms with Gasteiger partial charge in [0.15, 0.2) is 31.1 Å². The first-order chi connectivity index (χ1) is 30.5. The molecule has 0 saturated carbocycles. The Morgan fingerprint density at radius 2 is 1.06 bits per heavy atom. The Balaban J connectivity index is 1.18. The fourth-order valence-corrected chi connectivity index (χ4v) is 7.79. The second-order valence-corrected chi connectivity index (χ2v) is 15.0. The van der Waals surface area contributed by atoms with Crippen LogP contribution in [0.15, 0.2) is 152 Å². The first kappa shape index (κ1) is 43.3. The molecule has 5 aromatic rings. The average molecular weight is 847 g/mol. The van der Waals surface area contributed by atoms with E-state index in [-0.39, 0.29) is 32.0 Å². The Morgan fingerprint density at radius 1 is 0.548 bits per heavy atom. The van der Waals surface area contributed by atoms with E-state index in [1.807, 2.05) is 121 Å². The summed E-state index contributed by atoms with van der Waals surface area (Å²) in [6.07, 6.45) is -11.7. The van der Waals surface area contributed by atoms with E-state index in [1.165, 1.54) is 14.2 Å². The molecular weight excluding hydrogens is 797 g/mol. The molecule has 0 amide bonds. The molecule has 324 valence electrons. The Kier molecular flexibility index (Phi) is 14.8. The van der Waals surface area contributed by atoms with Gasteiger partial charge in [0.1, 0.15) is 36.6 Å². The van der Waals surface area contributed by atoms with Crippen molar-refractivity contribution in [2.24, 2.45) is 0 Å². The summed E-state index contributed by atoms with van der Waals surface area (Å²) in [5.74, 6) is -1.44. The van der Waals surface area contributed by atoms with E-state index >= 15 is 0 Å². The van der Waals surface area contributed by atoms with E-state index in [0.29, 0.717) is 0 Å². The minimum Gasteiger partial charge on any atom is -0.467 e. The Labute approximate surface area is 360 Å². The quantitative estimate of drug-likeness (QED) is 0.0972. The van der Waals surface area contributed by atoms with Crippen LogP contribution in [-0.2, 0) is 76.7 Å². The lowest BCUT2D eigenvalue weighted by molar-refractivity contribution is -0.395. The smallest absolute Gasteiger partial charge is 0.338 e. The lowest BCUT2D eigenvalue weighted by Crippen LogP contribution is -2.67. The van der Waals surface area contributed by atoms with Crippen LogP contribution in [0.4, 0.5) is 0 Å². The van der Waals surface area contributed by atoms with Gasteiger partial charge in [-0.2, -0.15) is 0 Å². The van der Waals surface area contributed by atoms with E-state index < -0.39 is 79.6 Å². The molecule has 8 rings (SSSR count). The molecule has 62 heavy (non-hydrogen) atoms. The zero-order valence-electron chi connectivity index (χ0n) is 34.4. The first-order valence-electron chi connectivity index (χ1n) is 20.6. The number of hydrogen-bond donors (Lipinski definition) is 0. The van der Waals surface area contributed by atoms with Gasteiger partial charge in [-0.25, -0.2) is 9.59 Å². The van der Waals surface area contributed by atoms with Crippen molar-refractivity contribution in [2.75, 3.05) is 20.8 Å². The van der Waals surface area contributed by atoms with Crippen molar-refractivity contribution in [2.45, 2.75) is 87.5 Å². The number of carbonyl (C=O) groups is 2. The molecule has 3 heterocycles. The van der Waals surface area contributed by atoms with Gasteiger partial charge in [0.05, 0.1) is 39.1 Å². The Morgan fingerprint density at radius 3 is 1.61 bits per heavy atom. The van der Waals surface area contributed by atoms with Crippen molar-refractivity contribution in [3.05, 3.63) is 179 Å². The van der Waals surface area contributed by atoms with Gasteiger partial charge in [-0.05, 0) is 28.8 Å². The third-order valence-corrected chi connectivity index (χ3v) is 10.9. The molecular formula is C49H50O13. The molecule has 0 bridgehead atoms. The van der Waals surface area contributed by atoms with Crippen LogP contribution in [0.3, 0.4) is 0 Å². The topological polar surface area (TPSA) is 136 Å². The lowest BCUT2D eigenvalue weighted by atomic mass is 9.95. The number of rotatable bonds is 16. The summed E-state index contributed by atoms with van der Waals surface area (Å²) in [7, 11) is 2.74. The van der Waals surface area contributed by atoms with Gasteiger partial charge in [0.25, 0.3) is 0 Å². The highest BCUT2D eigenvalue weighted by molar-refractivity contribution is 5.89. The fourth-order valence-electron chi connectivity index (χ4n) is 7.79. The zero-order chi connectivity index (χ0) is 42.7. The maximum Gasteiger partial charge on any atom is 0.338 e. The van der Waals surface area contributed by atoms with Crippen LogP contribution in [0.1, 0.15) is 38.9 Å². The lowest BCUT2D eigenvalue weighted by Gasteiger charge is -2.51. The largest absolute Gasteiger partial charge is 0.467 e. The van der Waals surface area contributed by atoms with Crippen LogP contribution < -0.4 is 0 Å². The molecule has 0 N–H and O–H groups in total. The summed E-state index contributed by atoms with van der Waals surface area (Å²) in [4.78, 5) is 27.9. The highest BCUT2D eigenvalue weighted by atomic mass is 16.8. The summed E-state index contributed by atoms with van der Waals surface area (Å²) in [5.41, 5.74) is 3.64. The van der Waals surface area contributed by atoms with E-state index in [9.17, 15) is 9.59 Å². The second-order valence-electron chi connectivity index (χ2n) is 15.0. The summed E-state index contributed by atoms with van der Waals surface area (Å²) in [5, 5.41) is 0. The molecule has 3 aliphatic rings. The van der Waals surface area contributed by atoms with Crippen molar-refractivity contribution < 1.29 is 61.7 Å². The minimum absolute atomic E-state index is 0.0607. The third-order valence-electron chi connectivity index (χ3n) is 10.9. The standard InChI is InChI=1S/C49H50O13/c1-52-46(51)42-40(55-29-33-20-10-4-11-21-33)41(56-30-34-22-12-5-13-23-34)44(59-45(50)35-24-14-6-15-25-35)49(61-42)62-43-39(54-28-32-18-8-3-9-19-32)38-37(58-48(43)53-2)31-57-47(60-38)36-26-16-7-17-27-36/h3-27,37-44,47-49H,28-31H2,1-2H3/t37-,38-,39+,40+,41+,42+,43+,44-,47?,48+,49+/m1/s1. The average Bonchev–Trinajstić information content (AvgIpc) is 3.33. The molecule has 11 atom stereocenters. The minimum atomic E-state index is -1.50. The molecule has 3 saturated heterocycles. The second kappa shape index (κ2) is 21.2. The summed E-state index contributed by atoms with van der Waals surface area (Å²) < 4.78 is 70.5. The van der Waals surface area contributed by atoms with Crippen molar-refractivity contribution in [1.29, 1.82) is 0 Å². The van der Waals surface area contributed by atoms with Gasteiger partial charge >= 0.3 is 11.9 Å². The molecule has 0 spiro atoms. The van der Waals surface area contributed by atoms with E-state index in [1.54, 1.807) is 30.3 Å². The molecule has 13 heteroatoms. The predicted molar refractivity (Wildman–Crippen MR) is 222 cm³/mol. The van der Waals surface area contributed by atoms with Crippen LogP contribution in [0, 0.1) is 0 Å². The third kappa shape index (κ3) is 10.5. The van der Waals surface area contributed by atoms with Gasteiger partial charge in [-0.15, -0.1) is 0 Å². The summed E-state index contributed by atoms with van der Waals surface area (Å²) in [6, 6.07) is 46.7. The van der Waals surface area contributed by atoms with Gasteiger partial charge in [-0.3, -0.25) is 0 Å². The van der Waals surface area contributed by atoms with Gasteiger partial charge < -0.3 is 52.1 Å². The maximum atomic E-state index is 14.1. The molecule has 13 nitrogen and oxygen atoms in total. The SMILES string of the molecule is COC(=O)[C@H]1O[C@@H](O[C@@H]2[C@@H](OC)O[C@@H]3COC(c4ccccc4)O[C@H]3[C@@H]2OCc2ccccc2)[C@H](OC(=O)c2ccccc2)[C@@H](OCc2ccccc2)[C@@H]1OCc1ccccc1. The van der Waals surface area contributed by atoms with Crippen LogP contribution in [0.25, 0.3) is 0 Å². The highest BCUT2D eigenvalue weighted by Crippen LogP contribution is 2.40. The molecule has 3 fully saturated rings. The number of fused-ring (bicyclic) bond motifs is 1.